The van der Waals surface area contributed by atoms with Gasteiger partial charge >= 0.3 is 11.5 Å². The van der Waals surface area contributed by atoms with Crippen molar-refractivity contribution in [3.63, 3.8) is 0 Å². The lowest BCUT2D eigenvalue weighted by Gasteiger charge is -1.92. The molecule has 0 bridgehead atoms. The predicted molar refractivity (Wildman–Crippen MR) is 50.1 cm³/mol. The maximum Gasteiger partial charge on any atom is 0.334 e. The van der Waals surface area contributed by atoms with E-state index in [-0.39, 0.29) is 0 Å². The fraction of sp³-hybridized carbons (Fsp3) is 0.182. The SMILES string of the molecule is Cc1cc2ccccc2c(C)[o+]1. The van der Waals surface area contributed by atoms with E-state index in [1.165, 1.54) is 10.8 Å². The summed E-state index contributed by atoms with van der Waals surface area (Å²) in [6, 6.07) is 10.3. The molecule has 60 valence electrons. The van der Waals surface area contributed by atoms with Crippen LogP contribution in [0.4, 0.5) is 0 Å². The van der Waals surface area contributed by atoms with Crippen LogP contribution >= 0.6 is 0 Å². The van der Waals surface area contributed by atoms with Crippen molar-refractivity contribution in [2.24, 2.45) is 0 Å². The molecule has 1 heterocycles. The van der Waals surface area contributed by atoms with Crippen molar-refractivity contribution in [2.75, 3.05) is 0 Å². The maximum atomic E-state index is 5.49. The molecule has 0 radical (unpaired) electrons. The molecule has 0 saturated carbocycles. The minimum Gasteiger partial charge on any atom is -0.218 e. The van der Waals surface area contributed by atoms with E-state index in [0.29, 0.717) is 0 Å². The second-order valence-corrected chi connectivity index (χ2v) is 3.00. The molecule has 1 nitrogen and oxygen atoms in total. The fourth-order valence-electron chi connectivity index (χ4n) is 1.49. The Hall–Kier alpha value is -1.37. The zero-order valence-electron chi connectivity index (χ0n) is 7.29. The Morgan fingerprint density at radius 1 is 1.08 bits per heavy atom. The summed E-state index contributed by atoms with van der Waals surface area (Å²) in [6.07, 6.45) is 0. The highest BCUT2D eigenvalue weighted by Crippen LogP contribution is 2.19. The van der Waals surface area contributed by atoms with E-state index in [0.717, 1.165) is 11.5 Å². The third kappa shape index (κ3) is 1.07. The summed E-state index contributed by atoms with van der Waals surface area (Å²) >= 11 is 0. The van der Waals surface area contributed by atoms with Crippen LogP contribution in [0.15, 0.2) is 34.7 Å². The van der Waals surface area contributed by atoms with Crippen molar-refractivity contribution in [3.05, 3.63) is 41.9 Å². The first-order chi connectivity index (χ1) is 5.77. The zero-order chi connectivity index (χ0) is 8.55. The van der Waals surface area contributed by atoms with Crippen LogP contribution in [0.3, 0.4) is 0 Å². The van der Waals surface area contributed by atoms with Gasteiger partial charge in [0.15, 0.2) is 0 Å². The third-order valence-electron chi connectivity index (χ3n) is 2.01. The number of fused-ring (bicyclic) bond motifs is 1. The van der Waals surface area contributed by atoms with Crippen LogP contribution in [0.1, 0.15) is 11.5 Å². The third-order valence-corrected chi connectivity index (χ3v) is 2.01. The van der Waals surface area contributed by atoms with Gasteiger partial charge in [0.05, 0.1) is 19.2 Å². The highest BCUT2D eigenvalue weighted by molar-refractivity contribution is 5.83. The van der Waals surface area contributed by atoms with Crippen molar-refractivity contribution in [1.82, 2.24) is 0 Å². The summed E-state index contributed by atoms with van der Waals surface area (Å²) < 4.78 is 5.49. The molecular weight excluding hydrogens is 148 g/mol. The largest absolute Gasteiger partial charge is 0.334 e. The Labute approximate surface area is 71.6 Å². The molecule has 0 amide bonds. The van der Waals surface area contributed by atoms with Gasteiger partial charge in [-0.1, -0.05) is 18.2 Å². The molecule has 0 spiro atoms. The summed E-state index contributed by atoms with van der Waals surface area (Å²) in [7, 11) is 0. The van der Waals surface area contributed by atoms with Crippen molar-refractivity contribution in [1.29, 1.82) is 0 Å². The Bertz CT molecular complexity index is 418. The minimum atomic E-state index is 0.964. The highest BCUT2D eigenvalue weighted by atomic mass is 16.3. The van der Waals surface area contributed by atoms with Crippen molar-refractivity contribution in [3.8, 4) is 0 Å². The Balaban J connectivity index is 2.89. The van der Waals surface area contributed by atoms with Crippen LogP contribution in [0.25, 0.3) is 10.8 Å². The standard InChI is InChI=1S/C11H11O/c1-8-7-10-5-3-4-6-11(10)9(2)12-8/h3-7H,1-2H3/q+1. The van der Waals surface area contributed by atoms with Gasteiger partial charge in [-0.25, -0.2) is 4.42 Å². The van der Waals surface area contributed by atoms with Gasteiger partial charge < -0.3 is 0 Å². The Kier molecular flexibility index (Phi) is 1.58. The van der Waals surface area contributed by atoms with E-state index in [1.807, 2.05) is 26.0 Å². The Morgan fingerprint density at radius 3 is 2.67 bits per heavy atom. The van der Waals surface area contributed by atoms with Crippen LogP contribution in [0.2, 0.25) is 0 Å². The second kappa shape index (κ2) is 2.59. The maximum absolute atomic E-state index is 5.49. The second-order valence-electron chi connectivity index (χ2n) is 3.00. The molecule has 0 fully saturated rings. The molecule has 1 heteroatoms. The average Bonchev–Trinajstić information content (AvgIpc) is 2.04. The molecular formula is C11H11O+. The highest BCUT2D eigenvalue weighted by Gasteiger charge is 2.09. The molecule has 1 aromatic heterocycles. The smallest absolute Gasteiger partial charge is 0.218 e. The molecule has 0 aliphatic carbocycles. The number of hydrogen-bond donors (Lipinski definition) is 0. The van der Waals surface area contributed by atoms with E-state index in [4.69, 9.17) is 4.42 Å². The van der Waals surface area contributed by atoms with Gasteiger partial charge in [-0.3, -0.25) is 0 Å². The number of benzene rings is 1. The molecule has 12 heavy (non-hydrogen) atoms. The van der Waals surface area contributed by atoms with Gasteiger partial charge in [0.25, 0.3) is 0 Å². The van der Waals surface area contributed by atoms with Crippen LogP contribution in [0.5, 0.6) is 0 Å². The molecule has 1 aromatic carbocycles. The molecule has 0 unspecified atom stereocenters. The Morgan fingerprint density at radius 2 is 1.83 bits per heavy atom. The number of rotatable bonds is 0. The van der Waals surface area contributed by atoms with E-state index >= 15 is 0 Å². The summed E-state index contributed by atoms with van der Waals surface area (Å²) in [5.74, 6) is 1.96. The first kappa shape index (κ1) is 7.29. The molecule has 0 aliphatic heterocycles. The van der Waals surface area contributed by atoms with Gasteiger partial charge in [-0.05, 0) is 11.5 Å². The molecule has 2 rings (SSSR count). The quantitative estimate of drug-likeness (QED) is 0.536. The van der Waals surface area contributed by atoms with E-state index in [1.54, 1.807) is 0 Å². The summed E-state index contributed by atoms with van der Waals surface area (Å²) in [6.45, 7) is 3.97. The summed E-state index contributed by atoms with van der Waals surface area (Å²) in [5.41, 5.74) is 0. The van der Waals surface area contributed by atoms with Crippen molar-refractivity contribution in [2.45, 2.75) is 13.8 Å². The average molecular weight is 159 g/mol. The monoisotopic (exact) mass is 159 g/mol. The summed E-state index contributed by atoms with van der Waals surface area (Å²) in [5, 5.41) is 2.45. The molecule has 0 N–H and O–H groups in total. The van der Waals surface area contributed by atoms with Crippen molar-refractivity contribution >= 4 is 10.8 Å². The van der Waals surface area contributed by atoms with Gasteiger partial charge in [-0.2, -0.15) is 0 Å². The van der Waals surface area contributed by atoms with Crippen LogP contribution < -0.4 is 0 Å². The van der Waals surface area contributed by atoms with E-state index in [2.05, 4.69) is 18.2 Å². The van der Waals surface area contributed by atoms with Crippen LogP contribution in [-0.2, 0) is 0 Å². The predicted octanol–water partition coefficient (Wildman–Crippen LogP) is 3.33. The van der Waals surface area contributed by atoms with Gasteiger partial charge in [-0.15, -0.1) is 0 Å². The number of aryl methyl sites for hydroxylation is 2. The van der Waals surface area contributed by atoms with Gasteiger partial charge in [0, 0.05) is 6.07 Å². The van der Waals surface area contributed by atoms with Crippen LogP contribution in [-0.4, -0.2) is 0 Å². The topological polar surface area (TPSA) is 11.3 Å². The molecule has 0 atom stereocenters. The molecule has 0 saturated heterocycles. The van der Waals surface area contributed by atoms with Gasteiger partial charge in [0.1, 0.15) is 0 Å². The first-order valence-electron chi connectivity index (χ1n) is 4.06. The molecule has 2 aromatic rings. The van der Waals surface area contributed by atoms with Crippen LogP contribution in [0, 0.1) is 13.8 Å². The normalized spacial score (nSPS) is 10.5. The lowest BCUT2D eigenvalue weighted by molar-refractivity contribution is 0.494. The first-order valence-corrected chi connectivity index (χ1v) is 4.06. The summed E-state index contributed by atoms with van der Waals surface area (Å²) in [4.78, 5) is 0. The fourth-order valence-corrected chi connectivity index (χ4v) is 1.49. The zero-order valence-corrected chi connectivity index (χ0v) is 7.29. The lowest BCUT2D eigenvalue weighted by atomic mass is 10.1. The molecule has 0 aliphatic rings. The van der Waals surface area contributed by atoms with E-state index in [9.17, 15) is 0 Å². The van der Waals surface area contributed by atoms with E-state index < -0.39 is 0 Å². The van der Waals surface area contributed by atoms with Gasteiger partial charge in [0.2, 0.25) is 0 Å². The minimum absolute atomic E-state index is 0.964. The number of hydrogen-bond acceptors (Lipinski definition) is 0. The van der Waals surface area contributed by atoms with Crippen molar-refractivity contribution < 1.29 is 4.42 Å². The lowest BCUT2D eigenvalue weighted by Crippen LogP contribution is -1.80.